The maximum Gasteiger partial charge on any atom is 0.410 e. The number of pyridine rings is 1. The number of halogens is 3. The lowest BCUT2D eigenvalue weighted by molar-refractivity contribution is -0.144. The van der Waals surface area contributed by atoms with Crippen molar-refractivity contribution < 1.29 is 37.4 Å². The minimum absolute atomic E-state index is 0.0415. The third-order valence-corrected chi connectivity index (χ3v) is 8.23. The highest BCUT2D eigenvalue weighted by Crippen LogP contribution is 2.20. The number of ether oxygens (including phenoxy) is 2. The first-order valence-corrected chi connectivity index (χ1v) is 16.0. The van der Waals surface area contributed by atoms with Crippen molar-refractivity contribution >= 4 is 46.4 Å². The number of hydrogen-bond donors (Lipinski definition) is 1. The SMILES string of the molecule is CN(C(=O)NCc1cccc(F)c1Cl)[C@@H](CCC(=O)N1CCN(C(=O)OC(C)(C)C)CC1)COC(=O)Cc1cc2cc(F)ccc2cn1. The van der Waals surface area contributed by atoms with Crippen molar-refractivity contribution in [2.45, 2.75) is 58.2 Å². The second-order valence-corrected chi connectivity index (χ2v) is 12.9. The summed E-state index contributed by atoms with van der Waals surface area (Å²) in [6, 6.07) is 8.90. The maximum absolute atomic E-state index is 13.9. The molecule has 48 heavy (non-hydrogen) atoms. The summed E-state index contributed by atoms with van der Waals surface area (Å²) >= 11 is 6.03. The first-order chi connectivity index (χ1) is 22.7. The van der Waals surface area contributed by atoms with E-state index < -0.39 is 41.4 Å². The van der Waals surface area contributed by atoms with Gasteiger partial charge in [0, 0.05) is 57.8 Å². The van der Waals surface area contributed by atoms with E-state index in [0.717, 1.165) is 5.39 Å². The molecule has 2 aromatic carbocycles. The molecule has 0 spiro atoms. The number of nitrogens with one attached hydrogen (secondary N) is 1. The van der Waals surface area contributed by atoms with Crippen molar-refractivity contribution in [3.63, 3.8) is 0 Å². The summed E-state index contributed by atoms with van der Waals surface area (Å²) in [6.45, 7) is 6.38. The molecule has 14 heteroatoms. The van der Waals surface area contributed by atoms with Gasteiger partial charge in [-0.25, -0.2) is 18.4 Å². The fourth-order valence-corrected chi connectivity index (χ4v) is 5.28. The van der Waals surface area contributed by atoms with Crippen LogP contribution in [-0.4, -0.2) is 95.2 Å². The van der Waals surface area contributed by atoms with Crippen LogP contribution >= 0.6 is 11.6 Å². The van der Waals surface area contributed by atoms with E-state index in [1.165, 1.54) is 36.2 Å². The lowest BCUT2D eigenvalue weighted by Gasteiger charge is -2.36. The fraction of sp³-hybridized carbons (Fsp3) is 0.441. The van der Waals surface area contributed by atoms with Crippen LogP contribution in [0.25, 0.3) is 10.8 Å². The van der Waals surface area contributed by atoms with Gasteiger partial charge in [-0.2, -0.15) is 0 Å². The molecule has 1 aliphatic rings. The average molecular weight is 688 g/mol. The quantitative estimate of drug-likeness (QED) is 0.287. The Hall–Kier alpha value is -4.52. The first kappa shape index (κ1) is 36.3. The van der Waals surface area contributed by atoms with E-state index in [1.807, 2.05) is 0 Å². The standard InChI is InChI=1S/C34H40ClF2N5O6/c1-34(2,3)48-33(46)42-14-12-41(13-15-42)29(43)11-10-27(40(4)32(45)39-20-23-6-5-7-28(37)31(23)35)21-47-30(44)18-26-17-24-16-25(36)9-8-22(24)19-38-26/h5-9,16-17,19,27H,10-15,18,20-21H2,1-4H3,(H,39,45)/t27-/m0/s1. The fourth-order valence-electron chi connectivity index (χ4n) is 5.09. The highest BCUT2D eigenvalue weighted by Gasteiger charge is 2.29. The summed E-state index contributed by atoms with van der Waals surface area (Å²) in [7, 11) is 1.50. The van der Waals surface area contributed by atoms with E-state index >= 15 is 0 Å². The number of aromatic nitrogens is 1. The van der Waals surface area contributed by atoms with Gasteiger partial charge in [0.2, 0.25) is 5.91 Å². The molecule has 11 nitrogen and oxygen atoms in total. The molecule has 0 bridgehead atoms. The van der Waals surface area contributed by atoms with Gasteiger partial charge in [0.15, 0.2) is 0 Å². The van der Waals surface area contributed by atoms with Crippen LogP contribution in [0.1, 0.15) is 44.9 Å². The smallest absolute Gasteiger partial charge is 0.410 e. The number of likely N-dealkylation sites (N-methyl/N-ethyl adjacent to an activating group) is 1. The summed E-state index contributed by atoms with van der Waals surface area (Å²) in [4.78, 5) is 60.3. The van der Waals surface area contributed by atoms with E-state index in [4.69, 9.17) is 21.1 Å². The summed E-state index contributed by atoms with van der Waals surface area (Å²) < 4.78 is 38.6. The maximum atomic E-state index is 13.9. The van der Waals surface area contributed by atoms with Gasteiger partial charge in [0.05, 0.1) is 23.2 Å². The van der Waals surface area contributed by atoms with Gasteiger partial charge in [-0.1, -0.05) is 23.7 Å². The lowest BCUT2D eigenvalue weighted by atomic mass is 10.1. The van der Waals surface area contributed by atoms with Gasteiger partial charge >= 0.3 is 18.1 Å². The van der Waals surface area contributed by atoms with Gasteiger partial charge in [-0.15, -0.1) is 0 Å². The number of carbonyl (C=O) groups is 4. The highest BCUT2D eigenvalue weighted by molar-refractivity contribution is 6.31. The van der Waals surface area contributed by atoms with Crippen LogP contribution in [0.3, 0.4) is 0 Å². The zero-order valence-corrected chi connectivity index (χ0v) is 28.2. The molecule has 4 rings (SSSR count). The van der Waals surface area contributed by atoms with Crippen LogP contribution in [0.15, 0.2) is 48.7 Å². The number of fused-ring (bicyclic) bond motifs is 1. The predicted octanol–water partition coefficient (Wildman–Crippen LogP) is 5.32. The number of hydrogen-bond acceptors (Lipinski definition) is 7. The molecule has 1 aromatic heterocycles. The van der Waals surface area contributed by atoms with E-state index in [2.05, 4.69) is 10.3 Å². The van der Waals surface area contributed by atoms with Crippen molar-refractivity contribution in [1.29, 1.82) is 0 Å². The minimum atomic E-state index is -0.706. The molecule has 1 N–H and O–H groups in total. The topological polar surface area (TPSA) is 121 Å². The summed E-state index contributed by atoms with van der Waals surface area (Å²) in [5.74, 6) is -1.82. The molecule has 4 amide bonds. The molecule has 1 saturated heterocycles. The second kappa shape index (κ2) is 16.1. The molecule has 1 fully saturated rings. The normalized spacial score (nSPS) is 14.0. The van der Waals surface area contributed by atoms with Crippen molar-refractivity contribution in [2.75, 3.05) is 39.8 Å². The molecule has 2 heterocycles. The van der Waals surface area contributed by atoms with Crippen LogP contribution in [0.5, 0.6) is 0 Å². The minimum Gasteiger partial charge on any atom is -0.463 e. The molecule has 3 aromatic rings. The molecule has 0 radical (unpaired) electrons. The summed E-state index contributed by atoms with van der Waals surface area (Å²) in [6.07, 6.45) is 1.13. The van der Waals surface area contributed by atoms with Gasteiger partial charge in [0.1, 0.15) is 23.8 Å². The number of benzene rings is 2. The molecule has 0 unspecified atom stereocenters. The summed E-state index contributed by atoms with van der Waals surface area (Å²) in [5.41, 5.74) is 0.133. The Kier molecular flexibility index (Phi) is 12.1. The van der Waals surface area contributed by atoms with Crippen LogP contribution < -0.4 is 5.32 Å². The molecular weight excluding hydrogens is 648 g/mol. The number of urea groups is 1. The Labute approximate surface area is 283 Å². The molecule has 1 atom stereocenters. The van der Waals surface area contributed by atoms with E-state index in [-0.39, 0.29) is 43.3 Å². The first-order valence-electron chi connectivity index (χ1n) is 15.6. The number of nitrogens with zero attached hydrogens (tertiary/aromatic N) is 4. The number of esters is 1. The monoisotopic (exact) mass is 687 g/mol. The molecule has 258 valence electrons. The van der Waals surface area contributed by atoms with Crippen LogP contribution in [0, 0.1) is 11.6 Å². The van der Waals surface area contributed by atoms with Crippen molar-refractivity contribution in [2.24, 2.45) is 0 Å². The predicted molar refractivity (Wildman–Crippen MR) is 175 cm³/mol. The third kappa shape index (κ3) is 10.2. The molecule has 0 saturated carbocycles. The Balaban J connectivity index is 1.37. The van der Waals surface area contributed by atoms with E-state index in [9.17, 15) is 28.0 Å². The Morgan fingerprint density at radius 3 is 2.44 bits per heavy atom. The molecule has 0 aliphatic carbocycles. The number of carbonyl (C=O) groups excluding carboxylic acids is 4. The van der Waals surface area contributed by atoms with Crippen molar-refractivity contribution in [3.8, 4) is 0 Å². The van der Waals surface area contributed by atoms with Gasteiger partial charge in [-0.3, -0.25) is 14.6 Å². The Bertz CT molecular complexity index is 1640. The number of amides is 4. The van der Waals surface area contributed by atoms with E-state index in [0.29, 0.717) is 42.8 Å². The molecule has 1 aliphatic heterocycles. The number of piperazine rings is 1. The zero-order chi connectivity index (χ0) is 35.0. The highest BCUT2D eigenvalue weighted by atomic mass is 35.5. The Morgan fingerprint density at radius 2 is 1.73 bits per heavy atom. The van der Waals surface area contributed by atoms with Crippen molar-refractivity contribution in [3.05, 3.63) is 76.6 Å². The van der Waals surface area contributed by atoms with Crippen LogP contribution in [-0.2, 0) is 32.0 Å². The zero-order valence-electron chi connectivity index (χ0n) is 27.4. The molecular formula is C34H40ClF2N5O6. The third-order valence-electron chi connectivity index (χ3n) is 7.81. The second-order valence-electron chi connectivity index (χ2n) is 12.6. The number of rotatable bonds is 10. The van der Waals surface area contributed by atoms with Gasteiger partial charge in [-0.05, 0) is 68.5 Å². The average Bonchev–Trinajstić information content (AvgIpc) is 3.04. The largest absolute Gasteiger partial charge is 0.463 e. The lowest BCUT2D eigenvalue weighted by Crippen LogP contribution is -2.52. The summed E-state index contributed by atoms with van der Waals surface area (Å²) in [5, 5.41) is 3.89. The van der Waals surface area contributed by atoms with Crippen molar-refractivity contribution in [1.82, 2.24) is 25.0 Å². The van der Waals surface area contributed by atoms with Crippen LogP contribution in [0.2, 0.25) is 5.02 Å². The van der Waals surface area contributed by atoms with Crippen LogP contribution in [0.4, 0.5) is 18.4 Å². The van der Waals surface area contributed by atoms with Gasteiger partial charge < -0.3 is 29.5 Å². The Morgan fingerprint density at radius 1 is 1.02 bits per heavy atom. The van der Waals surface area contributed by atoms with E-state index in [1.54, 1.807) is 55.0 Å². The van der Waals surface area contributed by atoms with Gasteiger partial charge in [0.25, 0.3) is 0 Å².